The zero-order chi connectivity index (χ0) is 17.9. The number of benzene rings is 1. The summed E-state index contributed by atoms with van der Waals surface area (Å²) in [5.74, 6) is -0.117. The van der Waals surface area contributed by atoms with Crippen LogP contribution >= 0.6 is 11.8 Å². The van der Waals surface area contributed by atoms with Gasteiger partial charge in [-0.1, -0.05) is 38.1 Å². The van der Waals surface area contributed by atoms with Gasteiger partial charge in [-0.2, -0.15) is 11.8 Å². The largest absolute Gasteiger partial charge is 0.477 e. The van der Waals surface area contributed by atoms with Gasteiger partial charge in [-0.15, -0.1) is 0 Å². The van der Waals surface area contributed by atoms with Crippen molar-refractivity contribution in [2.24, 2.45) is 5.92 Å². The predicted molar refractivity (Wildman–Crippen MR) is 102 cm³/mol. The normalized spacial score (nSPS) is 10.9. The Morgan fingerprint density at radius 1 is 1.29 bits per heavy atom. The Kier molecular flexibility index (Phi) is 5.72. The Morgan fingerprint density at radius 2 is 1.92 bits per heavy atom. The number of aromatic carboxylic acids is 1. The first-order chi connectivity index (χ1) is 11.4. The lowest BCUT2D eigenvalue weighted by atomic mass is 9.99. The summed E-state index contributed by atoms with van der Waals surface area (Å²) in [6, 6.07) is 7.89. The quantitative estimate of drug-likeness (QED) is 0.563. The number of carbonyl (C=O) groups is 1. The zero-order valence-corrected chi connectivity index (χ0v) is 15.2. The van der Waals surface area contributed by atoms with Crippen molar-refractivity contribution < 1.29 is 9.90 Å². The number of carboxylic acid groups (broad SMARTS) is 1. The van der Waals surface area contributed by atoms with Gasteiger partial charge in [0.1, 0.15) is 5.69 Å². The minimum absolute atomic E-state index is 0.00537. The Bertz CT molecular complexity index is 748. The lowest BCUT2D eigenvalue weighted by molar-refractivity contribution is 0.0692. The van der Waals surface area contributed by atoms with Gasteiger partial charge in [0.25, 0.3) is 0 Å². The van der Waals surface area contributed by atoms with Crippen LogP contribution in [0.25, 0.3) is 11.1 Å². The molecule has 24 heavy (non-hydrogen) atoms. The monoisotopic (exact) mass is 345 g/mol. The lowest BCUT2D eigenvalue weighted by Crippen LogP contribution is -2.10. The number of aromatic nitrogens is 1. The van der Waals surface area contributed by atoms with Gasteiger partial charge >= 0.3 is 5.97 Å². The summed E-state index contributed by atoms with van der Waals surface area (Å²) >= 11 is 1.74. The van der Waals surface area contributed by atoms with Crippen molar-refractivity contribution in [1.29, 1.82) is 5.41 Å². The van der Waals surface area contributed by atoms with Crippen molar-refractivity contribution in [2.45, 2.75) is 19.6 Å². The van der Waals surface area contributed by atoms with E-state index in [2.05, 4.69) is 10.3 Å². The summed E-state index contributed by atoms with van der Waals surface area (Å²) in [5, 5.41) is 20.9. The highest BCUT2D eigenvalue weighted by molar-refractivity contribution is 7.97. The molecule has 5 nitrogen and oxygen atoms in total. The molecule has 0 saturated heterocycles. The average Bonchev–Trinajstić information content (AvgIpc) is 2.94. The van der Waals surface area contributed by atoms with E-state index in [1.54, 1.807) is 18.8 Å². The Balaban J connectivity index is 2.62. The van der Waals surface area contributed by atoms with Crippen LogP contribution in [0.15, 0.2) is 24.3 Å². The van der Waals surface area contributed by atoms with Crippen LogP contribution in [0.1, 0.15) is 35.6 Å². The summed E-state index contributed by atoms with van der Waals surface area (Å²) in [7, 11) is 1.75. The summed E-state index contributed by atoms with van der Waals surface area (Å²) < 4.78 is 0. The van der Waals surface area contributed by atoms with Gasteiger partial charge < -0.3 is 20.8 Å². The van der Waals surface area contributed by atoms with Gasteiger partial charge in [-0.25, -0.2) is 4.79 Å². The molecular weight excluding hydrogens is 322 g/mol. The fourth-order valence-electron chi connectivity index (χ4n) is 2.62. The van der Waals surface area contributed by atoms with E-state index in [1.807, 2.05) is 44.4 Å². The molecule has 0 atom stereocenters. The number of hydrogen-bond donors (Lipinski definition) is 4. The standard InChI is InChI=1S/C18H23N3O2S/c1-10(2)14(19)17-15(20-3)13(16(21-17)18(22)23)12-7-5-11(6-8-12)9-24-4/h5-8,10,19-21H,9H2,1-4H3,(H,22,23). The average molecular weight is 345 g/mol. The van der Waals surface area contributed by atoms with Crippen LogP contribution in [0.5, 0.6) is 0 Å². The van der Waals surface area contributed by atoms with Crippen molar-refractivity contribution in [2.75, 3.05) is 18.6 Å². The number of carboxylic acids is 1. The number of thioether (sulfide) groups is 1. The zero-order valence-electron chi connectivity index (χ0n) is 14.4. The van der Waals surface area contributed by atoms with E-state index in [0.29, 0.717) is 22.7 Å². The van der Waals surface area contributed by atoms with Gasteiger partial charge in [0.05, 0.1) is 17.1 Å². The van der Waals surface area contributed by atoms with E-state index >= 15 is 0 Å². The molecule has 0 aliphatic rings. The molecule has 0 amide bonds. The van der Waals surface area contributed by atoms with E-state index in [-0.39, 0.29) is 11.6 Å². The van der Waals surface area contributed by atoms with E-state index in [0.717, 1.165) is 11.3 Å². The maximum Gasteiger partial charge on any atom is 0.353 e. The topological polar surface area (TPSA) is 89.0 Å². The van der Waals surface area contributed by atoms with Crippen molar-refractivity contribution in [3.63, 3.8) is 0 Å². The SMILES string of the molecule is CNc1c(C(=N)C(C)C)[nH]c(C(=O)O)c1-c1ccc(CSC)cc1. The molecule has 0 fully saturated rings. The predicted octanol–water partition coefficient (Wildman–Crippen LogP) is 4.31. The maximum absolute atomic E-state index is 11.7. The molecule has 128 valence electrons. The number of anilines is 1. The molecule has 2 rings (SSSR count). The highest BCUT2D eigenvalue weighted by Crippen LogP contribution is 2.36. The van der Waals surface area contributed by atoms with Gasteiger partial charge in [0.2, 0.25) is 0 Å². The maximum atomic E-state index is 11.7. The molecule has 4 N–H and O–H groups in total. The molecule has 0 saturated carbocycles. The molecule has 0 radical (unpaired) electrons. The van der Waals surface area contributed by atoms with E-state index in [9.17, 15) is 9.90 Å². The molecule has 1 aromatic carbocycles. The van der Waals surface area contributed by atoms with Crippen LogP contribution < -0.4 is 5.32 Å². The highest BCUT2D eigenvalue weighted by atomic mass is 32.2. The Hall–Kier alpha value is -2.21. The van der Waals surface area contributed by atoms with Gasteiger partial charge in [0, 0.05) is 18.4 Å². The highest BCUT2D eigenvalue weighted by Gasteiger charge is 2.25. The third-order valence-corrected chi connectivity index (χ3v) is 4.49. The number of nitrogens with one attached hydrogen (secondary N) is 3. The van der Waals surface area contributed by atoms with Crippen LogP contribution in [0, 0.1) is 11.3 Å². The summed E-state index contributed by atoms with van der Waals surface area (Å²) in [6.07, 6.45) is 2.05. The molecule has 0 aliphatic heterocycles. The molecule has 0 bridgehead atoms. The molecule has 0 unspecified atom stereocenters. The van der Waals surface area contributed by atoms with Crippen molar-refractivity contribution in [3.05, 3.63) is 41.2 Å². The van der Waals surface area contributed by atoms with Crippen molar-refractivity contribution >= 4 is 29.1 Å². The first kappa shape index (κ1) is 18.1. The number of aromatic amines is 1. The number of rotatable bonds is 7. The second kappa shape index (κ2) is 7.57. The van der Waals surface area contributed by atoms with E-state index < -0.39 is 5.97 Å². The molecular formula is C18H23N3O2S. The second-order valence-electron chi connectivity index (χ2n) is 5.88. The first-order valence-corrected chi connectivity index (χ1v) is 9.14. The fourth-order valence-corrected chi connectivity index (χ4v) is 3.15. The van der Waals surface area contributed by atoms with E-state index in [4.69, 9.17) is 5.41 Å². The van der Waals surface area contributed by atoms with Crippen molar-refractivity contribution in [3.8, 4) is 11.1 Å². The minimum atomic E-state index is -1.03. The molecule has 2 aromatic rings. The third-order valence-electron chi connectivity index (χ3n) is 3.86. The van der Waals surface area contributed by atoms with Gasteiger partial charge in [-0.05, 0) is 23.3 Å². The number of H-pyrrole nitrogens is 1. The smallest absolute Gasteiger partial charge is 0.353 e. The molecule has 1 heterocycles. The summed E-state index contributed by atoms with van der Waals surface area (Å²) in [5.41, 5.74) is 4.29. The van der Waals surface area contributed by atoms with Crippen LogP contribution in [-0.2, 0) is 5.75 Å². The van der Waals surface area contributed by atoms with E-state index in [1.165, 1.54) is 5.56 Å². The first-order valence-electron chi connectivity index (χ1n) is 7.74. The Morgan fingerprint density at radius 3 is 2.38 bits per heavy atom. The fraction of sp³-hybridized carbons (Fsp3) is 0.333. The minimum Gasteiger partial charge on any atom is -0.477 e. The molecule has 6 heteroatoms. The van der Waals surface area contributed by atoms with Crippen LogP contribution in [-0.4, -0.2) is 35.1 Å². The van der Waals surface area contributed by atoms with Crippen LogP contribution in [0.2, 0.25) is 0 Å². The van der Waals surface area contributed by atoms with Crippen molar-refractivity contribution in [1.82, 2.24) is 4.98 Å². The summed E-state index contributed by atoms with van der Waals surface area (Å²) in [6.45, 7) is 3.83. The van der Waals surface area contributed by atoms with Crippen LogP contribution in [0.4, 0.5) is 5.69 Å². The van der Waals surface area contributed by atoms with Gasteiger partial charge in [-0.3, -0.25) is 0 Å². The molecule has 0 spiro atoms. The van der Waals surface area contributed by atoms with Gasteiger partial charge in [0.15, 0.2) is 0 Å². The Labute approximate surface area is 146 Å². The van der Waals surface area contributed by atoms with Crippen LogP contribution in [0.3, 0.4) is 0 Å². The molecule has 0 aliphatic carbocycles. The summed E-state index contributed by atoms with van der Waals surface area (Å²) in [4.78, 5) is 14.6. The third kappa shape index (κ3) is 3.48. The second-order valence-corrected chi connectivity index (χ2v) is 6.74. The molecule has 1 aromatic heterocycles. The lowest BCUT2D eigenvalue weighted by Gasteiger charge is -2.11. The number of hydrogen-bond acceptors (Lipinski definition) is 4.